The normalized spacial score (nSPS) is 12.4. The fourth-order valence-corrected chi connectivity index (χ4v) is 2.26. The zero-order valence-corrected chi connectivity index (χ0v) is 12.7. The molecule has 19 heavy (non-hydrogen) atoms. The van der Waals surface area contributed by atoms with E-state index >= 15 is 0 Å². The maximum Gasteiger partial charge on any atom is 0.122 e. The van der Waals surface area contributed by atoms with Crippen molar-refractivity contribution in [1.82, 2.24) is 5.32 Å². The van der Waals surface area contributed by atoms with Crippen LogP contribution in [0.3, 0.4) is 0 Å². The van der Waals surface area contributed by atoms with Crippen LogP contribution in [-0.4, -0.2) is 5.11 Å². The van der Waals surface area contributed by atoms with Gasteiger partial charge in [0.25, 0.3) is 0 Å². The topological polar surface area (TPSA) is 32.3 Å². The maximum absolute atomic E-state index is 9.97. The molecule has 0 aromatic heterocycles. The first kappa shape index (κ1) is 14.1. The van der Waals surface area contributed by atoms with E-state index in [1.165, 1.54) is 5.56 Å². The highest BCUT2D eigenvalue weighted by Crippen LogP contribution is 2.22. The van der Waals surface area contributed by atoms with Gasteiger partial charge in [-0.25, -0.2) is 0 Å². The molecule has 2 aromatic carbocycles. The summed E-state index contributed by atoms with van der Waals surface area (Å²) in [5.41, 5.74) is 3.08. The Labute approximate surface area is 122 Å². The van der Waals surface area contributed by atoms with E-state index in [2.05, 4.69) is 40.3 Å². The van der Waals surface area contributed by atoms with Crippen LogP contribution in [0.1, 0.15) is 29.7 Å². The zero-order valence-electron chi connectivity index (χ0n) is 11.2. The lowest BCUT2D eigenvalue weighted by atomic mass is 10.1. The second-order valence-electron chi connectivity index (χ2n) is 4.74. The van der Waals surface area contributed by atoms with Crippen molar-refractivity contribution in [3.05, 3.63) is 63.6 Å². The van der Waals surface area contributed by atoms with Crippen molar-refractivity contribution >= 4 is 15.9 Å². The van der Waals surface area contributed by atoms with E-state index in [9.17, 15) is 5.11 Å². The number of para-hydroxylation sites is 1. The first-order chi connectivity index (χ1) is 9.08. The smallest absolute Gasteiger partial charge is 0.122 e. The van der Waals surface area contributed by atoms with Crippen LogP contribution in [0.15, 0.2) is 46.9 Å². The lowest BCUT2D eigenvalue weighted by molar-refractivity contribution is 0.456. The van der Waals surface area contributed by atoms with Gasteiger partial charge in [-0.3, -0.25) is 0 Å². The van der Waals surface area contributed by atoms with Crippen molar-refractivity contribution in [1.29, 1.82) is 0 Å². The molecule has 0 aliphatic heterocycles. The van der Waals surface area contributed by atoms with Crippen molar-refractivity contribution in [2.24, 2.45) is 0 Å². The number of halogens is 1. The first-order valence-corrected chi connectivity index (χ1v) is 7.13. The lowest BCUT2D eigenvalue weighted by Crippen LogP contribution is -2.18. The molecule has 2 aromatic rings. The summed E-state index contributed by atoms with van der Waals surface area (Å²) < 4.78 is 1.08. The van der Waals surface area contributed by atoms with E-state index in [1.54, 1.807) is 0 Å². The molecule has 0 amide bonds. The molecule has 0 radical (unpaired) electrons. The summed E-state index contributed by atoms with van der Waals surface area (Å²) in [4.78, 5) is 0. The summed E-state index contributed by atoms with van der Waals surface area (Å²) in [7, 11) is 0. The Hall–Kier alpha value is -1.32. The highest BCUT2D eigenvalue weighted by atomic mass is 79.9. The number of hydrogen-bond acceptors (Lipinski definition) is 2. The van der Waals surface area contributed by atoms with Crippen molar-refractivity contribution < 1.29 is 5.11 Å². The first-order valence-electron chi connectivity index (χ1n) is 6.34. The third-order valence-corrected chi connectivity index (χ3v) is 3.82. The maximum atomic E-state index is 9.97. The molecule has 0 heterocycles. The monoisotopic (exact) mass is 319 g/mol. The minimum absolute atomic E-state index is 0.244. The Bertz CT molecular complexity index is 551. The molecule has 2 nitrogen and oxygen atoms in total. The molecule has 0 unspecified atom stereocenters. The van der Waals surface area contributed by atoms with Gasteiger partial charge < -0.3 is 10.4 Å². The molecule has 3 heteroatoms. The van der Waals surface area contributed by atoms with E-state index in [0.29, 0.717) is 12.3 Å². The van der Waals surface area contributed by atoms with Crippen molar-refractivity contribution in [3.63, 3.8) is 0 Å². The van der Waals surface area contributed by atoms with Gasteiger partial charge >= 0.3 is 0 Å². The van der Waals surface area contributed by atoms with Crippen LogP contribution in [0.25, 0.3) is 0 Å². The van der Waals surface area contributed by atoms with E-state index in [1.807, 2.05) is 37.3 Å². The highest BCUT2D eigenvalue weighted by Gasteiger charge is 2.07. The number of phenols is 1. The van der Waals surface area contributed by atoms with Gasteiger partial charge in [-0.2, -0.15) is 0 Å². The minimum atomic E-state index is 0.244. The molecule has 2 N–H and O–H groups in total. The Morgan fingerprint density at radius 3 is 2.53 bits per heavy atom. The Morgan fingerprint density at radius 1 is 1.16 bits per heavy atom. The summed E-state index contributed by atoms with van der Waals surface area (Å²) in [6.45, 7) is 4.69. The largest absolute Gasteiger partial charge is 0.507 e. The molecule has 0 fully saturated rings. The summed E-state index contributed by atoms with van der Waals surface area (Å²) in [5.74, 6) is 0.387. The second kappa shape index (κ2) is 6.22. The average Bonchev–Trinajstić information content (AvgIpc) is 2.41. The molecule has 0 bridgehead atoms. The van der Waals surface area contributed by atoms with Gasteiger partial charge in [0.05, 0.1) is 0 Å². The molecule has 0 saturated carbocycles. The van der Waals surface area contributed by atoms with Gasteiger partial charge in [0, 0.05) is 22.6 Å². The van der Waals surface area contributed by atoms with Crippen LogP contribution in [0.2, 0.25) is 0 Å². The Morgan fingerprint density at radius 2 is 1.84 bits per heavy atom. The molecule has 0 aliphatic rings. The molecule has 2 rings (SSSR count). The molecular weight excluding hydrogens is 302 g/mol. The predicted molar refractivity (Wildman–Crippen MR) is 82.2 cm³/mol. The van der Waals surface area contributed by atoms with Gasteiger partial charge in [0.15, 0.2) is 0 Å². The van der Waals surface area contributed by atoms with Crippen LogP contribution in [0, 0.1) is 6.92 Å². The number of hydrogen-bond donors (Lipinski definition) is 2. The van der Waals surface area contributed by atoms with Gasteiger partial charge in [-0.05, 0) is 37.1 Å². The number of rotatable bonds is 4. The number of benzene rings is 2. The number of phenolic OH excluding ortho intramolecular Hbond substituents is 1. The van der Waals surface area contributed by atoms with Crippen molar-refractivity contribution in [3.8, 4) is 5.75 Å². The summed E-state index contributed by atoms with van der Waals surface area (Å²) in [6.07, 6.45) is 0. The van der Waals surface area contributed by atoms with Crippen LogP contribution in [-0.2, 0) is 6.54 Å². The second-order valence-corrected chi connectivity index (χ2v) is 5.65. The average molecular weight is 320 g/mol. The quantitative estimate of drug-likeness (QED) is 0.879. The molecule has 0 saturated heterocycles. The standard InChI is InChI=1S/C16H18BrNO/c1-11-4-3-5-14(16(11)19)10-18-12(2)13-6-8-15(17)9-7-13/h3-9,12,18-19H,10H2,1-2H3/t12-/m0/s1. The fourth-order valence-electron chi connectivity index (χ4n) is 1.99. The van der Waals surface area contributed by atoms with Crippen LogP contribution >= 0.6 is 15.9 Å². The number of aryl methyl sites for hydroxylation is 1. The third-order valence-electron chi connectivity index (χ3n) is 3.29. The van der Waals surface area contributed by atoms with Gasteiger partial charge in [0.2, 0.25) is 0 Å². The van der Waals surface area contributed by atoms with Crippen LogP contribution < -0.4 is 5.32 Å². The lowest BCUT2D eigenvalue weighted by Gasteiger charge is -2.15. The van der Waals surface area contributed by atoms with E-state index < -0.39 is 0 Å². The summed E-state index contributed by atoms with van der Waals surface area (Å²) in [6, 6.07) is 14.3. The molecular formula is C16H18BrNO. The molecule has 0 spiro atoms. The third kappa shape index (κ3) is 3.58. The van der Waals surface area contributed by atoms with Crippen LogP contribution in [0.4, 0.5) is 0 Å². The number of aromatic hydroxyl groups is 1. The van der Waals surface area contributed by atoms with E-state index in [4.69, 9.17) is 0 Å². The van der Waals surface area contributed by atoms with Gasteiger partial charge in [-0.1, -0.05) is 46.3 Å². The Kier molecular flexibility index (Phi) is 4.61. The highest BCUT2D eigenvalue weighted by molar-refractivity contribution is 9.10. The predicted octanol–water partition coefficient (Wildman–Crippen LogP) is 4.31. The summed E-state index contributed by atoms with van der Waals surface area (Å²) in [5, 5.41) is 13.4. The van der Waals surface area contributed by atoms with E-state index in [-0.39, 0.29) is 6.04 Å². The molecule has 0 aliphatic carbocycles. The summed E-state index contributed by atoms with van der Waals surface area (Å²) >= 11 is 3.43. The van der Waals surface area contributed by atoms with Gasteiger partial charge in [0.1, 0.15) is 5.75 Å². The zero-order chi connectivity index (χ0) is 13.8. The van der Waals surface area contributed by atoms with Crippen molar-refractivity contribution in [2.75, 3.05) is 0 Å². The Balaban J connectivity index is 2.02. The fraction of sp³-hybridized carbons (Fsp3) is 0.250. The van der Waals surface area contributed by atoms with Crippen LogP contribution in [0.5, 0.6) is 5.75 Å². The van der Waals surface area contributed by atoms with Gasteiger partial charge in [-0.15, -0.1) is 0 Å². The SMILES string of the molecule is Cc1cccc(CN[C@@H](C)c2ccc(Br)cc2)c1O. The van der Waals surface area contributed by atoms with Crippen molar-refractivity contribution in [2.45, 2.75) is 26.4 Å². The van der Waals surface area contributed by atoms with E-state index in [0.717, 1.165) is 15.6 Å². The molecule has 100 valence electrons. The number of nitrogens with one attached hydrogen (secondary N) is 1. The minimum Gasteiger partial charge on any atom is -0.507 e. The molecule has 1 atom stereocenters.